The molecule has 1 amide bonds. The van der Waals surface area contributed by atoms with E-state index in [9.17, 15) is 18.4 Å². The minimum Gasteiger partial charge on any atom is -0.294 e. The van der Waals surface area contributed by atoms with Gasteiger partial charge in [-0.3, -0.25) is 14.5 Å². The molecule has 0 bridgehead atoms. The van der Waals surface area contributed by atoms with Gasteiger partial charge in [0.25, 0.3) is 0 Å². The maximum atomic E-state index is 13.7. The van der Waals surface area contributed by atoms with E-state index in [2.05, 4.69) is 0 Å². The van der Waals surface area contributed by atoms with Crippen LogP contribution in [0.15, 0.2) is 53.7 Å². The molecule has 0 saturated heterocycles. The number of hydrogen-bond acceptors (Lipinski definition) is 2. The Kier molecular flexibility index (Phi) is 4.82. The van der Waals surface area contributed by atoms with Crippen LogP contribution in [0.5, 0.6) is 0 Å². The molecule has 2 aromatic carbocycles. The van der Waals surface area contributed by atoms with Crippen molar-refractivity contribution < 1.29 is 18.4 Å². The van der Waals surface area contributed by atoms with Crippen molar-refractivity contribution in [1.82, 2.24) is 0 Å². The Morgan fingerprint density at radius 2 is 1.72 bits per heavy atom. The maximum absolute atomic E-state index is 13.7. The van der Waals surface area contributed by atoms with Crippen LogP contribution in [0.25, 0.3) is 0 Å². The molecular weight excluding hydrogens is 396 g/mol. The summed E-state index contributed by atoms with van der Waals surface area (Å²) in [7, 11) is 0. The average molecular weight is 416 g/mol. The normalized spacial score (nSPS) is 21.4. The summed E-state index contributed by atoms with van der Waals surface area (Å²) in [6, 6.07) is 10.0. The van der Waals surface area contributed by atoms with Crippen LogP contribution in [0.1, 0.15) is 44.6 Å². The summed E-state index contributed by atoms with van der Waals surface area (Å²) in [5, 5.41) is -0.0838. The summed E-state index contributed by atoms with van der Waals surface area (Å²) < 4.78 is 27.1. The zero-order valence-corrected chi connectivity index (χ0v) is 16.9. The predicted octanol–water partition coefficient (Wildman–Crippen LogP) is 5.78. The number of nitrogens with zero attached hydrogens (tertiary/aromatic N) is 1. The van der Waals surface area contributed by atoms with Crippen molar-refractivity contribution in [1.29, 1.82) is 0 Å². The average Bonchev–Trinajstić information content (AvgIpc) is 2.63. The predicted molar refractivity (Wildman–Crippen MR) is 108 cm³/mol. The molecule has 0 radical (unpaired) electrons. The van der Waals surface area contributed by atoms with Gasteiger partial charge < -0.3 is 0 Å². The lowest BCUT2D eigenvalue weighted by Gasteiger charge is -2.43. The molecule has 150 valence electrons. The SMILES string of the molecule is CC1(C)CC(=O)C2=C(C1)N(c1ccc(F)c(Cl)c1)C(=O)CC2c1ccc(F)cc1. The molecule has 1 aliphatic carbocycles. The van der Waals surface area contributed by atoms with E-state index in [0.717, 1.165) is 5.56 Å². The van der Waals surface area contributed by atoms with Crippen molar-refractivity contribution in [3.63, 3.8) is 0 Å². The third-order valence-corrected chi connectivity index (χ3v) is 5.87. The molecule has 0 spiro atoms. The fourth-order valence-electron chi connectivity index (χ4n) is 4.32. The van der Waals surface area contributed by atoms with Crippen LogP contribution in [0.3, 0.4) is 0 Å². The van der Waals surface area contributed by atoms with Crippen LogP contribution < -0.4 is 4.90 Å². The Morgan fingerprint density at radius 1 is 1.03 bits per heavy atom. The lowest BCUT2D eigenvalue weighted by atomic mass is 9.69. The molecule has 2 aromatic rings. The minimum atomic E-state index is -0.571. The second-order valence-corrected chi connectivity index (χ2v) is 8.84. The van der Waals surface area contributed by atoms with Crippen LogP contribution in [0.2, 0.25) is 5.02 Å². The third kappa shape index (κ3) is 3.60. The Morgan fingerprint density at radius 3 is 2.38 bits per heavy atom. The maximum Gasteiger partial charge on any atom is 0.232 e. The highest BCUT2D eigenvalue weighted by Crippen LogP contribution is 2.48. The van der Waals surface area contributed by atoms with Crippen LogP contribution in [0.4, 0.5) is 14.5 Å². The van der Waals surface area contributed by atoms with Gasteiger partial charge in [0.1, 0.15) is 11.6 Å². The fourth-order valence-corrected chi connectivity index (χ4v) is 4.49. The van der Waals surface area contributed by atoms with Gasteiger partial charge in [-0.05, 0) is 47.7 Å². The van der Waals surface area contributed by atoms with Crippen molar-refractivity contribution in [3.05, 3.63) is 76.0 Å². The van der Waals surface area contributed by atoms with Crippen molar-refractivity contribution in [2.45, 2.75) is 39.0 Å². The molecule has 1 unspecified atom stereocenters. The van der Waals surface area contributed by atoms with Gasteiger partial charge in [-0.25, -0.2) is 8.78 Å². The minimum absolute atomic E-state index is 0.0173. The van der Waals surface area contributed by atoms with Gasteiger partial charge in [0.2, 0.25) is 5.91 Å². The van der Waals surface area contributed by atoms with Crippen molar-refractivity contribution in [2.24, 2.45) is 5.41 Å². The first-order chi connectivity index (χ1) is 13.7. The van der Waals surface area contributed by atoms with Crippen molar-refractivity contribution in [3.8, 4) is 0 Å². The lowest BCUT2D eigenvalue weighted by molar-refractivity contribution is -0.121. The number of carbonyl (C=O) groups excluding carboxylic acids is 2. The van der Waals surface area contributed by atoms with E-state index in [1.807, 2.05) is 13.8 Å². The highest BCUT2D eigenvalue weighted by atomic mass is 35.5. The largest absolute Gasteiger partial charge is 0.294 e. The zero-order chi connectivity index (χ0) is 20.9. The van der Waals surface area contributed by atoms with E-state index >= 15 is 0 Å². The molecule has 2 aliphatic rings. The number of hydrogen-bond donors (Lipinski definition) is 0. The molecule has 1 heterocycles. The first-order valence-corrected chi connectivity index (χ1v) is 9.84. The summed E-state index contributed by atoms with van der Waals surface area (Å²) in [6.45, 7) is 3.97. The van der Waals surface area contributed by atoms with Crippen molar-refractivity contribution >= 4 is 29.0 Å². The zero-order valence-electron chi connectivity index (χ0n) is 16.1. The Balaban J connectivity index is 1.89. The second kappa shape index (κ2) is 7.06. The second-order valence-electron chi connectivity index (χ2n) is 8.44. The number of halogens is 3. The first-order valence-electron chi connectivity index (χ1n) is 9.46. The number of benzene rings is 2. The van der Waals surface area contributed by atoms with E-state index in [1.165, 1.54) is 35.2 Å². The molecule has 0 aromatic heterocycles. The number of anilines is 1. The molecule has 0 fully saturated rings. The first kappa shape index (κ1) is 19.8. The highest BCUT2D eigenvalue weighted by Gasteiger charge is 2.44. The standard InChI is InChI=1S/C23H20ClF2NO2/c1-23(2)11-19-22(20(28)12-23)16(13-3-5-14(25)6-4-13)10-21(29)27(19)15-7-8-18(26)17(24)9-15/h3-9,16H,10-12H2,1-2H3. The van der Waals surface area contributed by atoms with Crippen LogP contribution in [-0.4, -0.2) is 11.7 Å². The summed E-state index contributed by atoms with van der Waals surface area (Å²) in [6.07, 6.45) is 0.966. The Hall–Kier alpha value is -2.53. The molecule has 0 saturated carbocycles. The monoisotopic (exact) mass is 415 g/mol. The van der Waals surface area contributed by atoms with E-state index < -0.39 is 11.7 Å². The van der Waals surface area contributed by atoms with Gasteiger partial charge in [0.15, 0.2) is 5.78 Å². The van der Waals surface area contributed by atoms with Crippen LogP contribution >= 0.6 is 11.6 Å². The van der Waals surface area contributed by atoms with E-state index in [1.54, 1.807) is 12.1 Å². The molecule has 0 N–H and O–H groups in total. The fraction of sp³-hybridized carbons (Fsp3) is 0.304. The Labute approximate surface area is 173 Å². The van der Waals surface area contributed by atoms with Gasteiger partial charge >= 0.3 is 0 Å². The number of carbonyl (C=O) groups is 2. The Bertz CT molecular complexity index is 1040. The molecule has 4 rings (SSSR count). The summed E-state index contributed by atoms with van der Waals surface area (Å²) in [5.41, 5.74) is 2.06. The van der Waals surface area contributed by atoms with E-state index in [-0.39, 0.29) is 34.4 Å². The molecule has 1 aliphatic heterocycles. The lowest BCUT2D eigenvalue weighted by Crippen LogP contribution is -2.43. The van der Waals surface area contributed by atoms with Crippen LogP contribution in [0, 0.1) is 17.0 Å². The molecular formula is C23H20ClF2NO2. The third-order valence-electron chi connectivity index (χ3n) is 5.58. The number of allylic oxidation sites excluding steroid dienone is 2. The topological polar surface area (TPSA) is 37.4 Å². The van der Waals surface area contributed by atoms with Gasteiger partial charge in [-0.15, -0.1) is 0 Å². The van der Waals surface area contributed by atoms with Gasteiger partial charge in [-0.2, -0.15) is 0 Å². The van der Waals surface area contributed by atoms with Gasteiger partial charge in [-0.1, -0.05) is 37.6 Å². The molecule has 3 nitrogen and oxygen atoms in total. The number of amides is 1. The quantitative estimate of drug-likeness (QED) is 0.623. The summed E-state index contributed by atoms with van der Waals surface area (Å²) in [4.78, 5) is 27.8. The number of ketones is 1. The smallest absolute Gasteiger partial charge is 0.232 e. The van der Waals surface area contributed by atoms with Crippen molar-refractivity contribution in [2.75, 3.05) is 4.90 Å². The number of rotatable bonds is 2. The number of Topliss-reactive ketones (excluding diaryl/α,β-unsaturated/α-hetero) is 1. The van der Waals surface area contributed by atoms with Gasteiger partial charge in [0, 0.05) is 30.0 Å². The van der Waals surface area contributed by atoms with E-state index in [4.69, 9.17) is 11.6 Å². The highest BCUT2D eigenvalue weighted by molar-refractivity contribution is 6.31. The van der Waals surface area contributed by atoms with E-state index in [0.29, 0.717) is 29.8 Å². The summed E-state index contributed by atoms with van der Waals surface area (Å²) in [5.74, 6) is -1.58. The van der Waals surface area contributed by atoms with Crippen LogP contribution in [-0.2, 0) is 9.59 Å². The molecule has 1 atom stereocenters. The summed E-state index contributed by atoms with van der Waals surface area (Å²) >= 11 is 5.95. The van der Waals surface area contributed by atoms with Gasteiger partial charge in [0.05, 0.1) is 10.7 Å². The molecule has 29 heavy (non-hydrogen) atoms. The molecule has 6 heteroatoms.